The molecule has 0 unspecified atom stereocenters. The summed E-state index contributed by atoms with van der Waals surface area (Å²) in [6.07, 6.45) is -0.758. The largest absolute Gasteiger partial charge is 0.379 e. The minimum absolute atomic E-state index is 0.0380. The number of rotatable bonds is 5. The molecule has 2 atom stereocenters. The molecule has 0 aliphatic carbocycles. The van der Waals surface area contributed by atoms with Crippen LogP contribution in [0.2, 0.25) is 0 Å². The molecule has 1 aliphatic rings. The van der Waals surface area contributed by atoms with Crippen molar-refractivity contribution in [3.05, 3.63) is 68.1 Å². The molecule has 3 heterocycles. The van der Waals surface area contributed by atoms with Crippen LogP contribution in [0.4, 0.5) is 19.0 Å². The first-order valence-corrected chi connectivity index (χ1v) is 10.2. The molecule has 32 heavy (non-hydrogen) atoms. The maximum absolute atomic E-state index is 14.7. The third-order valence-corrected chi connectivity index (χ3v) is 5.98. The van der Waals surface area contributed by atoms with Gasteiger partial charge in [0.05, 0.1) is 29.1 Å². The summed E-state index contributed by atoms with van der Waals surface area (Å²) in [5.41, 5.74) is -2.02. The van der Waals surface area contributed by atoms with Crippen LogP contribution in [0.15, 0.2) is 40.1 Å². The Morgan fingerprint density at radius 3 is 2.59 bits per heavy atom. The van der Waals surface area contributed by atoms with Crippen molar-refractivity contribution in [2.75, 3.05) is 18.5 Å². The van der Waals surface area contributed by atoms with E-state index in [0.717, 1.165) is 10.7 Å². The molecule has 170 valence electrons. The monoisotopic (exact) mass is 448 g/mol. The lowest BCUT2D eigenvalue weighted by Crippen LogP contribution is -2.39. The highest BCUT2D eigenvalue weighted by atomic mass is 19.3. The summed E-state index contributed by atoms with van der Waals surface area (Å²) in [5, 5.41) is 7.80. The Morgan fingerprint density at radius 1 is 1.22 bits per heavy atom. The van der Waals surface area contributed by atoms with E-state index in [-0.39, 0.29) is 22.3 Å². The van der Waals surface area contributed by atoms with E-state index < -0.39 is 34.9 Å². The molecule has 1 saturated heterocycles. The number of pyridine rings is 1. The van der Waals surface area contributed by atoms with Crippen LogP contribution in [-0.4, -0.2) is 27.6 Å². The molecule has 1 fully saturated rings. The van der Waals surface area contributed by atoms with Gasteiger partial charge >= 0.3 is 0 Å². The molecule has 0 amide bonds. The van der Waals surface area contributed by atoms with Crippen LogP contribution in [0.3, 0.4) is 0 Å². The van der Waals surface area contributed by atoms with Gasteiger partial charge < -0.3 is 14.6 Å². The fraction of sp³-hybridized carbons (Fsp3) is 0.409. The molecule has 0 saturated carbocycles. The molecule has 0 spiro atoms. The maximum Gasteiger partial charge on any atom is 0.274 e. The van der Waals surface area contributed by atoms with Crippen LogP contribution >= 0.6 is 0 Å². The van der Waals surface area contributed by atoms with Crippen molar-refractivity contribution in [3.63, 3.8) is 0 Å². The van der Waals surface area contributed by atoms with E-state index in [4.69, 9.17) is 4.74 Å². The van der Waals surface area contributed by atoms with E-state index in [1.165, 1.54) is 29.8 Å². The van der Waals surface area contributed by atoms with Crippen molar-refractivity contribution in [2.24, 2.45) is 7.05 Å². The van der Waals surface area contributed by atoms with E-state index in [0.29, 0.717) is 25.0 Å². The second-order valence-electron chi connectivity index (χ2n) is 8.30. The Morgan fingerprint density at radius 2 is 1.94 bits per heavy atom. The first kappa shape index (κ1) is 22.1. The topological polar surface area (TPSA) is 78.2 Å². The van der Waals surface area contributed by atoms with Gasteiger partial charge in [0.2, 0.25) is 0 Å². The molecular formula is C22H23F3N4O3. The lowest BCUT2D eigenvalue weighted by Gasteiger charge is -2.26. The SMILES string of the molecule is C[C@@H](Nc1nn(C)c(=O)c2cc(=O)n([C@@]3(C)CCOC3)cc12)c1cccc(C(F)F)c1F. The summed E-state index contributed by atoms with van der Waals surface area (Å²) in [6.45, 7) is 4.36. The van der Waals surface area contributed by atoms with Gasteiger partial charge in [0.15, 0.2) is 5.82 Å². The molecule has 4 rings (SSSR count). The van der Waals surface area contributed by atoms with E-state index in [9.17, 15) is 22.8 Å². The van der Waals surface area contributed by atoms with Gasteiger partial charge in [-0.15, -0.1) is 0 Å². The van der Waals surface area contributed by atoms with E-state index in [2.05, 4.69) is 10.4 Å². The first-order valence-electron chi connectivity index (χ1n) is 10.2. The number of alkyl halides is 2. The highest BCUT2D eigenvalue weighted by Crippen LogP contribution is 2.31. The molecule has 3 aromatic rings. The Labute approximate surface area is 181 Å². The number of ether oxygens (including phenoxy) is 1. The molecule has 1 aliphatic heterocycles. The Bertz CT molecular complexity index is 1300. The average Bonchev–Trinajstić information content (AvgIpc) is 3.18. The lowest BCUT2D eigenvalue weighted by atomic mass is 10.0. The van der Waals surface area contributed by atoms with Gasteiger partial charge in [0.1, 0.15) is 5.82 Å². The number of fused-ring (bicyclic) bond motifs is 1. The number of nitrogens with zero attached hydrogens (tertiary/aromatic N) is 3. The van der Waals surface area contributed by atoms with Gasteiger partial charge in [0.25, 0.3) is 17.5 Å². The van der Waals surface area contributed by atoms with Crippen molar-refractivity contribution in [1.82, 2.24) is 14.3 Å². The van der Waals surface area contributed by atoms with Crippen LogP contribution < -0.4 is 16.4 Å². The Hall–Kier alpha value is -3.14. The predicted molar refractivity (Wildman–Crippen MR) is 114 cm³/mol. The van der Waals surface area contributed by atoms with Crippen molar-refractivity contribution in [3.8, 4) is 0 Å². The number of aromatic nitrogens is 3. The number of nitrogens with one attached hydrogen (secondary N) is 1. The van der Waals surface area contributed by atoms with Crippen LogP contribution in [0.1, 0.15) is 43.9 Å². The predicted octanol–water partition coefficient (Wildman–Crippen LogP) is 3.48. The second kappa shape index (κ2) is 8.09. The molecule has 0 bridgehead atoms. The fourth-order valence-electron chi connectivity index (χ4n) is 4.05. The molecule has 10 heteroatoms. The highest BCUT2D eigenvalue weighted by molar-refractivity contribution is 5.90. The Kier molecular flexibility index (Phi) is 5.58. The van der Waals surface area contributed by atoms with Gasteiger partial charge in [0, 0.05) is 36.9 Å². The summed E-state index contributed by atoms with van der Waals surface area (Å²) in [4.78, 5) is 25.4. The number of hydrogen-bond acceptors (Lipinski definition) is 5. The van der Waals surface area contributed by atoms with E-state index in [1.807, 2.05) is 6.92 Å². The average molecular weight is 448 g/mol. The van der Waals surface area contributed by atoms with E-state index >= 15 is 0 Å². The van der Waals surface area contributed by atoms with Gasteiger partial charge in [-0.05, 0) is 20.3 Å². The molecule has 7 nitrogen and oxygen atoms in total. The smallest absolute Gasteiger partial charge is 0.274 e. The third kappa shape index (κ3) is 3.68. The van der Waals surface area contributed by atoms with Gasteiger partial charge in [-0.2, -0.15) is 5.10 Å². The summed E-state index contributed by atoms with van der Waals surface area (Å²) >= 11 is 0. The molecule has 2 aromatic heterocycles. The number of anilines is 1. The van der Waals surface area contributed by atoms with Crippen LogP contribution in [-0.2, 0) is 17.3 Å². The second-order valence-corrected chi connectivity index (χ2v) is 8.30. The van der Waals surface area contributed by atoms with Crippen molar-refractivity contribution >= 4 is 16.6 Å². The molecular weight excluding hydrogens is 425 g/mol. The highest BCUT2D eigenvalue weighted by Gasteiger charge is 2.33. The normalized spacial score (nSPS) is 19.6. The van der Waals surface area contributed by atoms with Crippen molar-refractivity contribution in [1.29, 1.82) is 0 Å². The van der Waals surface area contributed by atoms with Crippen molar-refractivity contribution < 1.29 is 17.9 Å². The van der Waals surface area contributed by atoms with Gasteiger partial charge in [-0.1, -0.05) is 18.2 Å². The zero-order valence-corrected chi connectivity index (χ0v) is 17.9. The third-order valence-electron chi connectivity index (χ3n) is 5.98. The molecule has 1 N–H and O–H groups in total. The number of hydrogen-bond donors (Lipinski definition) is 1. The number of benzene rings is 1. The minimum Gasteiger partial charge on any atom is -0.379 e. The van der Waals surface area contributed by atoms with Gasteiger partial charge in [-0.3, -0.25) is 9.59 Å². The summed E-state index contributed by atoms with van der Waals surface area (Å²) in [7, 11) is 1.44. The first-order chi connectivity index (χ1) is 15.1. The van der Waals surface area contributed by atoms with Crippen LogP contribution in [0, 0.1) is 5.82 Å². The number of aryl methyl sites for hydroxylation is 1. The number of halogens is 3. The lowest BCUT2D eigenvalue weighted by molar-refractivity contribution is 0.146. The minimum atomic E-state index is -2.94. The summed E-state index contributed by atoms with van der Waals surface area (Å²) in [5.74, 6) is -0.767. The quantitative estimate of drug-likeness (QED) is 0.647. The molecule has 1 aromatic carbocycles. The molecule has 0 radical (unpaired) electrons. The fourth-order valence-corrected chi connectivity index (χ4v) is 4.05. The Balaban J connectivity index is 1.84. The van der Waals surface area contributed by atoms with Crippen LogP contribution in [0.5, 0.6) is 0 Å². The summed E-state index contributed by atoms with van der Waals surface area (Å²) in [6, 6.07) is 4.34. The standard InChI is InChI=1S/C22H23F3N4O3/c1-12(13-5-4-6-14(18(13)23)19(24)25)26-20-16-10-29(22(2)7-8-32-11-22)17(30)9-15(16)21(31)28(3)27-20/h4-6,9-10,12,19H,7-8,11H2,1-3H3,(H,26,27)/t12-,22+/m1/s1. The van der Waals surface area contributed by atoms with Crippen molar-refractivity contribution in [2.45, 2.75) is 38.3 Å². The maximum atomic E-state index is 14.7. The van der Waals surface area contributed by atoms with Gasteiger partial charge in [-0.25, -0.2) is 17.9 Å². The van der Waals surface area contributed by atoms with Crippen LogP contribution in [0.25, 0.3) is 10.8 Å². The zero-order valence-electron chi connectivity index (χ0n) is 17.9. The zero-order chi connectivity index (χ0) is 23.2. The summed E-state index contributed by atoms with van der Waals surface area (Å²) < 4.78 is 48.9. The van der Waals surface area contributed by atoms with E-state index in [1.54, 1.807) is 13.1 Å².